The van der Waals surface area contributed by atoms with Crippen molar-refractivity contribution in [1.29, 1.82) is 0 Å². The Morgan fingerprint density at radius 2 is 2.19 bits per heavy atom. The molecule has 2 aromatic heterocycles. The van der Waals surface area contributed by atoms with Gasteiger partial charge in [-0.3, -0.25) is 4.79 Å². The number of carbonyl (C=O) groups excluding carboxylic acids is 1. The van der Waals surface area contributed by atoms with Crippen LogP contribution in [0.5, 0.6) is 0 Å². The second-order valence-electron chi connectivity index (χ2n) is 4.65. The molecule has 0 unspecified atom stereocenters. The molecule has 0 aromatic carbocycles. The third-order valence-electron chi connectivity index (χ3n) is 2.58. The fraction of sp³-hybridized carbons (Fsp3) is 0.385. The molecule has 0 aliphatic heterocycles. The van der Waals surface area contributed by atoms with Gasteiger partial charge in [-0.1, -0.05) is 0 Å². The van der Waals surface area contributed by atoms with E-state index in [1.54, 1.807) is 6.20 Å². The van der Waals surface area contributed by atoms with Crippen molar-refractivity contribution in [2.24, 2.45) is 0 Å². The van der Waals surface area contributed by atoms with Crippen LogP contribution in [-0.2, 0) is 4.79 Å². The summed E-state index contributed by atoms with van der Waals surface area (Å²) >= 11 is 1.40. The lowest BCUT2D eigenvalue weighted by Crippen LogP contribution is -2.18. The number of aromatic nitrogens is 3. The maximum atomic E-state index is 11.7. The molecule has 0 radical (unpaired) electrons. The normalized spacial score (nSPS) is 10.2. The molecule has 0 saturated carbocycles. The lowest BCUT2D eigenvalue weighted by molar-refractivity contribution is -0.115. The number of amides is 1. The zero-order chi connectivity index (χ0) is 15.2. The van der Waals surface area contributed by atoms with Crippen molar-refractivity contribution < 1.29 is 4.79 Å². The minimum Gasteiger partial charge on any atom is -0.369 e. The summed E-state index contributed by atoms with van der Waals surface area (Å²) in [4.78, 5) is 26.2. The van der Waals surface area contributed by atoms with Gasteiger partial charge in [0.1, 0.15) is 5.82 Å². The highest BCUT2D eigenvalue weighted by molar-refractivity contribution is 7.13. The summed E-state index contributed by atoms with van der Waals surface area (Å²) in [5.74, 6) is 1.29. The van der Waals surface area contributed by atoms with Crippen molar-refractivity contribution in [3.05, 3.63) is 23.3 Å². The minimum absolute atomic E-state index is 0.0731. The average Bonchev–Trinajstić information content (AvgIpc) is 2.90. The summed E-state index contributed by atoms with van der Waals surface area (Å²) < 4.78 is 0. The van der Waals surface area contributed by atoms with Crippen LogP contribution in [0.2, 0.25) is 0 Å². The Balaban J connectivity index is 1.84. The van der Waals surface area contributed by atoms with Crippen LogP contribution >= 0.6 is 11.3 Å². The van der Waals surface area contributed by atoms with Gasteiger partial charge in [0.05, 0.1) is 0 Å². The molecule has 0 aliphatic rings. The number of aryl methyl sites for hydroxylation is 1. The molecule has 0 spiro atoms. The summed E-state index contributed by atoms with van der Waals surface area (Å²) in [6, 6.07) is 1.85. The molecule has 0 atom stereocenters. The standard InChI is InChI=1S/C13H18N6OS/c1-9-8-10(17-12(16-9)19(2)3)14-5-4-11(20)18-13-15-6-7-21-13/h6-8H,4-5H2,1-3H3,(H,14,16,17)(H,15,18,20). The molecule has 0 saturated heterocycles. The Labute approximate surface area is 127 Å². The molecule has 7 nitrogen and oxygen atoms in total. The summed E-state index contributed by atoms with van der Waals surface area (Å²) in [7, 11) is 3.78. The molecule has 2 N–H and O–H groups in total. The number of nitrogens with zero attached hydrogens (tertiary/aromatic N) is 4. The van der Waals surface area contributed by atoms with E-state index < -0.39 is 0 Å². The molecule has 0 fully saturated rings. The van der Waals surface area contributed by atoms with Gasteiger partial charge in [-0.15, -0.1) is 11.3 Å². The summed E-state index contributed by atoms with van der Waals surface area (Å²) in [6.45, 7) is 2.41. The maximum Gasteiger partial charge on any atom is 0.227 e. The SMILES string of the molecule is Cc1cc(NCCC(=O)Nc2nccs2)nc(N(C)C)n1. The first-order valence-corrected chi connectivity index (χ1v) is 7.39. The highest BCUT2D eigenvalue weighted by Crippen LogP contribution is 2.12. The third kappa shape index (κ3) is 4.67. The predicted molar refractivity (Wildman–Crippen MR) is 84.9 cm³/mol. The van der Waals surface area contributed by atoms with Gasteiger partial charge in [0.25, 0.3) is 0 Å². The van der Waals surface area contributed by atoms with Crippen molar-refractivity contribution in [2.45, 2.75) is 13.3 Å². The number of hydrogen-bond donors (Lipinski definition) is 2. The number of anilines is 3. The fourth-order valence-corrected chi connectivity index (χ4v) is 2.16. The Morgan fingerprint density at radius 3 is 2.86 bits per heavy atom. The van der Waals surface area contributed by atoms with E-state index >= 15 is 0 Å². The van der Waals surface area contributed by atoms with Crippen molar-refractivity contribution in [3.63, 3.8) is 0 Å². The van der Waals surface area contributed by atoms with E-state index in [4.69, 9.17) is 0 Å². The van der Waals surface area contributed by atoms with Crippen LogP contribution in [-0.4, -0.2) is 41.5 Å². The number of nitrogens with one attached hydrogen (secondary N) is 2. The Morgan fingerprint density at radius 1 is 1.38 bits per heavy atom. The molecule has 2 heterocycles. The van der Waals surface area contributed by atoms with Crippen LogP contribution in [0.25, 0.3) is 0 Å². The van der Waals surface area contributed by atoms with Crippen LogP contribution < -0.4 is 15.5 Å². The van der Waals surface area contributed by atoms with Crippen molar-refractivity contribution >= 4 is 34.1 Å². The van der Waals surface area contributed by atoms with Gasteiger partial charge in [-0.25, -0.2) is 9.97 Å². The molecule has 2 rings (SSSR count). The molecule has 1 amide bonds. The van der Waals surface area contributed by atoms with Gasteiger partial charge in [0, 0.05) is 50.4 Å². The van der Waals surface area contributed by atoms with Gasteiger partial charge in [-0.2, -0.15) is 4.98 Å². The average molecular weight is 306 g/mol. The first kappa shape index (κ1) is 15.2. The third-order valence-corrected chi connectivity index (χ3v) is 3.27. The molecule has 21 heavy (non-hydrogen) atoms. The topological polar surface area (TPSA) is 83.0 Å². The number of carbonyl (C=O) groups is 1. The Kier molecular flexibility index (Phi) is 5.04. The molecular formula is C13H18N6OS. The molecular weight excluding hydrogens is 288 g/mol. The van der Waals surface area contributed by atoms with E-state index in [2.05, 4.69) is 25.6 Å². The van der Waals surface area contributed by atoms with E-state index in [9.17, 15) is 4.79 Å². The maximum absolute atomic E-state index is 11.7. The zero-order valence-electron chi connectivity index (χ0n) is 12.3. The molecule has 0 bridgehead atoms. The van der Waals surface area contributed by atoms with Crippen LogP contribution in [0.1, 0.15) is 12.1 Å². The van der Waals surface area contributed by atoms with Crippen LogP contribution in [0.4, 0.5) is 16.9 Å². The fourth-order valence-electron chi connectivity index (χ4n) is 1.61. The highest BCUT2D eigenvalue weighted by atomic mass is 32.1. The van der Waals surface area contributed by atoms with Gasteiger partial charge in [0.2, 0.25) is 11.9 Å². The van der Waals surface area contributed by atoms with Crippen LogP contribution in [0.15, 0.2) is 17.6 Å². The second kappa shape index (κ2) is 6.98. The number of thiazole rings is 1. The van der Waals surface area contributed by atoms with E-state index in [0.717, 1.165) is 5.69 Å². The van der Waals surface area contributed by atoms with Crippen molar-refractivity contribution in [1.82, 2.24) is 15.0 Å². The molecule has 112 valence electrons. The Hall–Kier alpha value is -2.22. The summed E-state index contributed by atoms with van der Waals surface area (Å²) in [6.07, 6.45) is 2.00. The predicted octanol–water partition coefficient (Wildman–Crippen LogP) is 1.75. The van der Waals surface area contributed by atoms with Crippen LogP contribution in [0.3, 0.4) is 0 Å². The van der Waals surface area contributed by atoms with Gasteiger partial charge in [-0.05, 0) is 6.92 Å². The lowest BCUT2D eigenvalue weighted by atomic mass is 10.3. The van der Waals surface area contributed by atoms with E-state index in [1.165, 1.54) is 11.3 Å². The van der Waals surface area contributed by atoms with Gasteiger partial charge >= 0.3 is 0 Å². The highest BCUT2D eigenvalue weighted by Gasteiger charge is 2.06. The number of rotatable bonds is 6. The van der Waals surface area contributed by atoms with E-state index in [-0.39, 0.29) is 5.91 Å². The van der Waals surface area contributed by atoms with Gasteiger partial charge < -0.3 is 15.5 Å². The monoisotopic (exact) mass is 306 g/mol. The first-order chi connectivity index (χ1) is 10.0. The van der Waals surface area contributed by atoms with E-state index in [1.807, 2.05) is 37.4 Å². The summed E-state index contributed by atoms with van der Waals surface area (Å²) in [5, 5.41) is 8.31. The zero-order valence-corrected chi connectivity index (χ0v) is 13.1. The lowest BCUT2D eigenvalue weighted by Gasteiger charge is -2.13. The molecule has 2 aromatic rings. The molecule has 0 aliphatic carbocycles. The Bertz CT molecular complexity index is 599. The van der Waals surface area contributed by atoms with Gasteiger partial charge in [0.15, 0.2) is 5.13 Å². The smallest absolute Gasteiger partial charge is 0.227 e. The molecule has 8 heteroatoms. The summed E-state index contributed by atoms with van der Waals surface area (Å²) in [5.41, 5.74) is 0.878. The van der Waals surface area contributed by atoms with E-state index in [0.29, 0.717) is 29.9 Å². The number of hydrogen-bond acceptors (Lipinski definition) is 7. The first-order valence-electron chi connectivity index (χ1n) is 6.51. The minimum atomic E-state index is -0.0731. The largest absolute Gasteiger partial charge is 0.369 e. The van der Waals surface area contributed by atoms with Crippen LogP contribution in [0, 0.1) is 6.92 Å². The second-order valence-corrected chi connectivity index (χ2v) is 5.55. The quantitative estimate of drug-likeness (QED) is 0.846. The van der Waals surface area contributed by atoms with Crippen molar-refractivity contribution in [3.8, 4) is 0 Å². The van der Waals surface area contributed by atoms with Crippen molar-refractivity contribution in [2.75, 3.05) is 36.2 Å².